The van der Waals surface area contributed by atoms with Crippen LogP contribution in [0.3, 0.4) is 0 Å². The Morgan fingerprint density at radius 1 is 1.33 bits per heavy atom. The van der Waals surface area contributed by atoms with E-state index in [1.54, 1.807) is 0 Å². The first-order valence-electron chi connectivity index (χ1n) is 4.53. The summed E-state index contributed by atoms with van der Waals surface area (Å²) < 4.78 is 6.79. The van der Waals surface area contributed by atoms with E-state index in [0.29, 0.717) is 0 Å². The molecule has 0 aliphatic carbocycles. The van der Waals surface area contributed by atoms with Crippen LogP contribution in [0.2, 0.25) is 0 Å². The normalized spacial score (nSPS) is 9.92. The van der Waals surface area contributed by atoms with Gasteiger partial charge in [-0.15, -0.1) is 0 Å². The molecule has 0 unspecified atom stereocenters. The Labute approximate surface area is 83.3 Å². The van der Waals surface area contributed by atoms with Gasteiger partial charge in [-0.3, -0.25) is 0 Å². The van der Waals surface area contributed by atoms with Crippen molar-refractivity contribution in [2.45, 2.75) is 19.8 Å². The molecule has 0 spiro atoms. The first kappa shape index (κ1) is 9.70. The number of para-hydroxylation sites is 1. The molecule has 1 nitrogen and oxygen atoms in total. The molecule has 0 heterocycles. The van der Waals surface area contributed by atoms with Gasteiger partial charge in [-0.25, -0.2) is 0 Å². The molecule has 0 atom stereocenters. The Kier molecular flexibility index (Phi) is 4.28. The third kappa shape index (κ3) is 2.93. The van der Waals surface area contributed by atoms with E-state index in [4.69, 9.17) is 4.74 Å². The van der Waals surface area contributed by atoms with Crippen LogP contribution in [-0.2, 0) is 0 Å². The number of unbranched alkanes of at least 4 members (excludes halogenated alkanes) is 1. The fourth-order valence-electron chi connectivity index (χ4n) is 1.04. The summed E-state index contributed by atoms with van der Waals surface area (Å²) in [5.41, 5.74) is 0. The molecule has 1 rings (SSSR count). The quantitative estimate of drug-likeness (QED) is 0.476. The molecule has 0 radical (unpaired) electrons. The second kappa shape index (κ2) is 5.30. The van der Waals surface area contributed by atoms with Crippen LogP contribution in [0.4, 0.5) is 0 Å². The van der Waals surface area contributed by atoms with Crippen molar-refractivity contribution in [3.8, 4) is 5.75 Å². The zero-order valence-electron chi connectivity index (χ0n) is 7.84. The topological polar surface area (TPSA) is 9.23 Å². The third-order valence-electron chi connectivity index (χ3n) is 1.85. The standard InChI is InChI=1S/C10H13O.Li/c1-2-3-9-11-10-7-5-4-6-8-10;/h4-7H,2-3,9H2,1H3;. The predicted octanol–water partition coefficient (Wildman–Crippen LogP) is 1.66. The van der Waals surface area contributed by atoms with Gasteiger partial charge in [0.05, 0.1) is 0 Å². The molecule has 0 amide bonds. The van der Waals surface area contributed by atoms with Crippen molar-refractivity contribution in [3.63, 3.8) is 0 Å². The van der Waals surface area contributed by atoms with Gasteiger partial charge in [-0.2, -0.15) is 0 Å². The summed E-state index contributed by atoms with van der Waals surface area (Å²) in [6.07, 6.45) is 2.32. The summed E-state index contributed by atoms with van der Waals surface area (Å²) in [5.74, 6) is 1.02. The summed E-state index contributed by atoms with van der Waals surface area (Å²) in [7, 11) is 0. The van der Waals surface area contributed by atoms with Crippen molar-refractivity contribution in [2.24, 2.45) is 0 Å². The first-order valence-corrected chi connectivity index (χ1v) is 4.53. The van der Waals surface area contributed by atoms with Gasteiger partial charge in [-0.1, -0.05) is 0 Å². The number of rotatable bonds is 4. The Morgan fingerprint density at radius 2 is 2.08 bits per heavy atom. The first-order chi connectivity index (χ1) is 5.84. The molecule has 0 saturated heterocycles. The minimum atomic E-state index is 0.835. The van der Waals surface area contributed by atoms with E-state index < -0.39 is 0 Å². The second-order valence-electron chi connectivity index (χ2n) is 2.97. The van der Waals surface area contributed by atoms with E-state index in [1.165, 1.54) is 10.7 Å². The van der Waals surface area contributed by atoms with Crippen LogP contribution in [-0.4, -0.2) is 24.3 Å². The van der Waals surface area contributed by atoms with E-state index in [0.717, 1.165) is 18.8 Å². The number of hydrogen-bond acceptors (Lipinski definition) is 1. The van der Waals surface area contributed by atoms with Crippen molar-refractivity contribution in [2.75, 3.05) is 6.61 Å². The molecular weight excluding hydrogens is 143 g/mol. The Hall–Kier alpha value is -0.383. The van der Waals surface area contributed by atoms with Crippen molar-refractivity contribution in [1.29, 1.82) is 0 Å². The summed E-state index contributed by atoms with van der Waals surface area (Å²) in [5, 5.41) is 0. The zero-order chi connectivity index (χ0) is 8.81. The van der Waals surface area contributed by atoms with Crippen LogP contribution >= 0.6 is 0 Å². The van der Waals surface area contributed by atoms with Crippen molar-refractivity contribution >= 4 is 22.0 Å². The average molecular weight is 156 g/mol. The summed E-state index contributed by atoms with van der Waals surface area (Å²) in [6.45, 7) is 3.00. The second-order valence-corrected chi connectivity index (χ2v) is 2.97. The van der Waals surface area contributed by atoms with Gasteiger partial charge in [0.2, 0.25) is 0 Å². The summed E-state index contributed by atoms with van der Waals surface area (Å²) >= 11 is 2.07. The molecule has 2 heteroatoms. The number of ether oxygens (including phenoxy) is 1. The third-order valence-corrected chi connectivity index (χ3v) is 1.85. The maximum absolute atomic E-state index is 5.58. The van der Waals surface area contributed by atoms with Crippen LogP contribution in [0.25, 0.3) is 0 Å². The Bertz CT molecular complexity index is 235. The molecule has 0 fully saturated rings. The Morgan fingerprint density at radius 3 is 2.75 bits per heavy atom. The molecular formula is C10H13LiO. The molecule has 0 aliphatic rings. The molecule has 1 aromatic carbocycles. The molecule has 60 valence electrons. The molecule has 0 aromatic heterocycles. The van der Waals surface area contributed by atoms with Gasteiger partial charge >= 0.3 is 83.1 Å². The van der Waals surface area contributed by atoms with Gasteiger partial charge in [0.25, 0.3) is 0 Å². The minimum absolute atomic E-state index is 0.835. The zero-order valence-corrected chi connectivity index (χ0v) is 7.84. The van der Waals surface area contributed by atoms with Crippen molar-refractivity contribution < 1.29 is 4.74 Å². The Balaban J connectivity index is 2.46. The molecule has 0 saturated carbocycles. The maximum atomic E-state index is 5.58. The fourth-order valence-corrected chi connectivity index (χ4v) is 1.04. The number of hydrogen-bond donors (Lipinski definition) is 0. The van der Waals surface area contributed by atoms with Gasteiger partial charge in [0, 0.05) is 0 Å². The van der Waals surface area contributed by atoms with Crippen LogP contribution in [0.1, 0.15) is 19.8 Å². The number of benzene rings is 1. The van der Waals surface area contributed by atoms with Gasteiger partial charge in [0.1, 0.15) is 0 Å². The predicted molar refractivity (Wildman–Crippen MR) is 52.2 cm³/mol. The summed E-state index contributed by atoms with van der Waals surface area (Å²) in [6, 6.07) is 8.13. The van der Waals surface area contributed by atoms with Gasteiger partial charge < -0.3 is 0 Å². The monoisotopic (exact) mass is 156 g/mol. The van der Waals surface area contributed by atoms with Crippen LogP contribution < -0.4 is 8.97 Å². The van der Waals surface area contributed by atoms with E-state index in [-0.39, 0.29) is 0 Å². The van der Waals surface area contributed by atoms with Crippen LogP contribution in [0, 0.1) is 0 Å². The molecule has 0 N–H and O–H groups in total. The van der Waals surface area contributed by atoms with E-state index in [2.05, 4.69) is 30.7 Å². The van der Waals surface area contributed by atoms with Crippen molar-refractivity contribution in [1.82, 2.24) is 0 Å². The van der Waals surface area contributed by atoms with E-state index in [1.807, 2.05) is 18.2 Å². The molecule has 1 aromatic rings. The van der Waals surface area contributed by atoms with Gasteiger partial charge in [-0.05, 0) is 0 Å². The van der Waals surface area contributed by atoms with Gasteiger partial charge in [0.15, 0.2) is 0 Å². The molecule has 12 heavy (non-hydrogen) atoms. The van der Waals surface area contributed by atoms with Crippen LogP contribution in [0.5, 0.6) is 5.75 Å². The average Bonchev–Trinajstić information content (AvgIpc) is 2.09. The van der Waals surface area contributed by atoms with E-state index >= 15 is 0 Å². The fraction of sp³-hybridized carbons (Fsp3) is 0.400. The van der Waals surface area contributed by atoms with E-state index in [9.17, 15) is 0 Å². The van der Waals surface area contributed by atoms with Crippen molar-refractivity contribution in [3.05, 3.63) is 24.3 Å². The molecule has 0 aliphatic heterocycles. The van der Waals surface area contributed by atoms with Crippen LogP contribution in [0.15, 0.2) is 24.3 Å². The SMILES string of the molecule is [Li][c]1ccccc1OCCCC. The molecule has 0 bridgehead atoms. The summed E-state index contributed by atoms with van der Waals surface area (Å²) in [4.78, 5) is 0.